The van der Waals surface area contributed by atoms with Crippen molar-refractivity contribution in [3.63, 3.8) is 0 Å². The van der Waals surface area contributed by atoms with E-state index in [4.69, 9.17) is 16.3 Å². The SMILES string of the molecule is CCOC(=O)c1cc(C2([C@@H]3CCCCN3C(=O)O)NC=CN2)ccc1-c1ccc(C(=O)Nc2cc(Cl)ccn2)cc1. The van der Waals surface area contributed by atoms with Crippen LogP contribution in [0, 0.1) is 0 Å². The molecule has 0 aliphatic carbocycles. The zero-order valence-electron chi connectivity index (χ0n) is 22.4. The third-order valence-electron chi connectivity index (χ3n) is 7.35. The Morgan fingerprint density at radius 1 is 1.10 bits per heavy atom. The molecule has 2 aromatic carbocycles. The first-order chi connectivity index (χ1) is 19.8. The number of nitrogens with zero attached hydrogens (tertiary/aromatic N) is 2. The van der Waals surface area contributed by atoms with Crippen molar-refractivity contribution < 1.29 is 24.2 Å². The summed E-state index contributed by atoms with van der Waals surface area (Å²) < 4.78 is 5.40. The minimum atomic E-state index is -0.984. The number of halogens is 1. The Hall–Kier alpha value is -4.57. The lowest BCUT2D eigenvalue weighted by atomic mass is 9.83. The number of anilines is 1. The van der Waals surface area contributed by atoms with Crippen molar-refractivity contribution in [3.05, 3.63) is 94.9 Å². The molecule has 5 rings (SSSR count). The molecule has 0 saturated carbocycles. The van der Waals surface area contributed by atoms with Crippen molar-refractivity contribution in [1.82, 2.24) is 20.5 Å². The number of piperidine rings is 1. The van der Waals surface area contributed by atoms with Gasteiger partial charge in [0, 0.05) is 41.3 Å². The Labute approximate surface area is 242 Å². The zero-order chi connectivity index (χ0) is 29.0. The van der Waals surface area contributed by atoms with E-state index in [0.717, 1.165) is 12.8 Å². The van der Waals surface area contributed by atoms with Gasteiger partial charge in [0.05, 0.1) is 18.2 Å². The maximum atomic E-state index is 13.2. The lowest BCUT2D eigenvalue weighted by molar-refractivity contribution is 0.0517. The number of likely N-dealkylation sites (tertiary alicyclic amines) is 1. The van der Waals surface area contributed by atoms with Crippen LogP contribution in [0.15, 0.2) is 73.2 Å². The van der Waals surface area contributed by atoms with Gasteiger partial charge in [0.1, 0.15) is 5.82 Å². The Morgan fingerprint density at radius 2 is 1.85 bits per heavy atom. The first kappa shape index (κ1) is 28.0. The molecule has 4 N–H and O–H groups in total. The summed E-state index contributed by atoms with van der Waals surface area (Å²) in [7, 11) is 0. The molecule has 11 heteroatoms. The van der Waals surface area contributed by atoms with Crippen molar-refractivity contribution in [2.45, 2.75) is 37.9 Å². The van der Waals surface area contributed by atoms with Crippen LogP contribution in [-0.4, -0.2) is 52.2 Å². The van der Waals surface area contributed by atoms with Crippen LogP contribution in [0.2, 0.25) is 5.02 Å². The highest BCUT2D eigenvalue weighted by atomic mass is 35.5. The Kier molecular flexibility index (Phi) is 8.11. The average Bonchev–Trinajstić information content (AvgIpc) is 3.48. The normalized spacial score (nSPS) is 17.3. The Balaban J connectivity index is 1.48. The summed E-state index contributed by atoms with van der Waals surface area (Å²) in [4.78, 5) is 43.6. The van der Waals surface area contributed by atoms with Gasteiger partial charge in [-0.2, -0.15) is 0 Å². The molecule has 2 aliphatic heterocycles. The average molecular weight is 576 g/mol. The smallest absolute Gasteiger partial charge is 0.407 e. The monoisotopic (exact) mass is 575 g/mol. The minimum Gasteiger partial charge on any atom is -0.465 e. The first-order valence-electron chi connectivity index (χ1n) is 13.4. The van der Waals surface area contributed by atoms with Crippen LogP contribution >= 0.6 is 11.6 Å². The van der Waals surface area contributed by atoms with Gasteiger partial charge in [-0.1, -0.05) is 35.9 Å². The molecule has 3 heterocycles. The number of esters is 1. The number of carbonyl (C=O) groups is 3. The molecule has 10 nitrogen and oxygen atoms in total. The van der Waals surface area contributed by atoms with E-state index in [9.17, 15) is 19.5 Å². The molecule has 1 atom stereocenters. The van der Waals surface area contributed by atoms with Gasteiger partial charge in [0.25, 0.3) is 5.91 Å². The fourth-order valence-corrected chi connectivity index (χ4v) is 5.59. The van der Waals surface area contributed by atoms with Crippen molar-refractivity contribution in [3.8, 4) is 11.1 Å². The van der Waals surface area contributed by atoms with Crippen LogP contribution in [0.5, 0.6) is 0 Å². The molecule has 0 radical (unpaired) electrons. The third-order valence-corrected chi connectivity index (χ3v) is 7.58. The van der Waals surface area contributed by atoms with Crippen LogP contribution in [0.3, 0.4) is 0 Å². The summed E-state index contributed by atoms with van der Waals surface area (Å²) in [6.07, 6.45) is 6.34. The molecule has 1 aromatic heterocycles. The van der Waals surface area contributed by atoms with E-state index >= 15 is 0 Å². The van der Waals surface area contributed by atoms with Gasteiger partial charge in [0.2, 0.25) is 0 Å². The van der Waals surface area contributed by atoms with E-state index in [0.29, 0.717) is 51.6 Å². The van der Waals surface area contributed by atoms with Crippen LogP contribution in [0.4, 0.5) is 10.6 Å². The van der Waals surface area contributed by atoms with Crippen LogP contribution < -0.4 is 16.0 Å². The number of pyridine rings is 1. The third kappa shape index (κ3) is 5.69. The Bertz CT molecular complexity index is 1480. The highest BCUT2D eigenvalue weighted by Gasteiger charge is 2.47. The summed E-state index contributed by atoms with van der Waals surface area (Å²) >= 11 is 5.98. The molecular formula is C30H30ClN5O5. The van der Waals surface area contributed by atoms with Crippen molar-refractivity contribution in [2.24, 2.45) is 0 Å². The number of hydrogen-bond donors (Lipinski definition) is 4. The molecule has 2 amide bonds. The van der Waals surface area contributed by atoms with Gasteiger partial charge in [-0.05, 0) is 67.6 Å². The summed E-state index contributed by atoms with van der Waals surface area (Å²) in [5, 5.41) is 19.8. The number of rotatable bonds is 7. The summed E-state index contributed by atoms with van der Waals surface area (Å²) in [6.45, 7) is 2.36. The van der Waals surface area contributed by atoms with Gasteiger partial charge in [-0.15, -0.1) is 0 Å². The molecule has 212 valence electrons. The van der Waals surface area contributed by atoms with Crippen molar-refractivity contribution >= 4 is 35.4 Å². The predicted octanol–water partition coefficient (Wildman–Crippen LogP) is 5.18. The minimum absolute atomic E-state index is 0.192. The van der Waals surface area contributed by atoms with Crippen LogP contribution in [0.25, 0.3) is 11.1 Å². The lowest BCUT2D eigenvalue weighted by Gasteiger charge is -2.46. The second-order valence-electron chi connectivity index (χ2n) is 9.79. The van der Waals surface area contributed by atoms with Gasteiger partial charge >= 0.3 is 12.1 Å². The molecule has 1 fully saturated rings. The number of hydrogen-bond acceptors (Lipinski definition) is 7. The van der Waals surface area contributed by atoms with E-state index in [2.05, 4.69) is 20.9 Å². The molecule has 1 saturated heterocycles. The standard InChI is InChI=1S/C30H30ClN5O5/c1-2-41-28(38)24-17-21(30(33-14-15-34-30)25-5-3-4-16-36(25)29(39)40)10-11-23(24)19-6-8-20(9-7-19)27(37)35-26-18-22(31)12-13-32-26/h6-15,17-18,25,33-34H,2-5,16H2,1H3,(H,39,40)(H,32,35,37)/t25-/m0/s1. The number of carbonyl (C=O) groups excluding carboxylic acids is 2. The molecule has 0 unspecified atom stereocenters. The topological polar surface area (TPSA) is 133 Å². The second kappa shape index (κ2) is 11.9. The maximum absolute atomic E-state index is 13.2. The second-order valence-corrected chi connectivity index (χ2v) is 10.2. The molecule has 2 aliphatic rings. The van der Waals surface area contributed by atoms with E-state index in [1.165, 1.54) is 11.1 Å². The quantitative estimate of drug-likeness (QED) is 0.283. The number of nitrogens with one attached hydrogen (secondary N) is 3. The van der Waals surface area contributed by atoms with Crippen molar-refractivity contribution in [2.75, 3.05) is 18.5 Å². The number of aromatic nitrogens is 1. The highest BCUT2D eigenvalue weighted by molar-refractivity contribution is 6.30. The van der Waals surface area contributed by atoms with E-state index in [1.54, 1.807) is 61.8 Å². The molecular weight excluding hydrogens is 546 g/mol. The zero-order valence-corrected chi connectivity index (χ0v) is 23.1. The summed E-state index contributed by atoms with van der Waals surface area (Å²) in [5.74, 6) is -0.516. The largest absolute Gasteiger partial charge is 0.465 e. The van der Waals surface area contributed by atoms with Gasteiger partial charge in [-0.3, -0.25) is 4.79 Å². The van der Waals surface area contributed by atoms with Crippen LogP contribution in [-0.2, 0) is 10.4 Å². The van der Waals surface area contributed by atoms with E-state index in [-0.39, 0.29) is 12.5 Å². The molecule has 3 aromatic rings. The highest BCUT2D eigenvalue weighted by Crippen LogP contribution is 2.37. The fourth-order valence-electron chi connectivity index (χ4n) is 5.43. The number of benzene rings is 2. The summed E-state index contributed by atoms with van der Waals surface area (Å²) in [5.41, 5.74) is 1.82. The van der Waals surface area contributed by atoms with Gasteiger partial charge in [0.15, 0.2) is 5.66 Å². The predicted molar refractivity (Wildman–Crippen MR) is 154 cm³/mol. The number of carboxylic acid groups (broad SMARTS) is 1. The van der Waals surface area contributed by atoms with E-state index in [1.807, 2.05) is 12.1 Å². The van der Waals surface area contributed by atoms with Crippen molar-refractivity contribution in [1.29, 1.82) is 0 Å². The lowest BCUT2D eigenvalue weighted by Crippen LogP contribution is -2.63. The maximum Gasteiger partial charge on any atom is 0.407 e. The molecule has 0 bridgehead atoms. The van der Waals surface area contributed by atoms with E-state index < -0.39 is 23.8 Å². The van der Waals surface area contributed by atoms with Crippen LogP contribution in [0.1, 0.15) is 52.5 Å². The molecule has 0 spiro atoms. The number of amides is 2. The number of ether oxygens (including phenoxy) is 1. The Morgan fingerprint density at radius 3 is 2.54 bits per heavy atom. The van der Waals surface area contributed by atoms with Gasteiger partial charge in [-0.25, -0.2) is 14.6 Å². The molecule has 41 heavy (non-hydrogen) atoms. The fraction of sp³-hybridized carbons (Fsp3) is 0.267. The van der Waals surface area contributed by atoms with Gasteiger partial charge < -0.3 is 30.7 Å². The summed E-state index contributed by atoms with van der Waals surface area (Å²) in [6, 6.07) is 15.1. The first-order valence-corrected chi connectivity index (χ1v) is 13.7.